The van der Waals surface area contributed by atoms with Gasteiger partial charge >= 0.3 is 0 Å². The number of amides is 1. The van der Waals surface area contributed by atoms with Crippen LogP contribution in [0.4, 0.5) is 5.69 Å². The molecule has 112 valence electrons. The van der Waals surface area contributed by atoms with E-state index < -0.39 is 0 Å². The second kappa shape index (κ2) is 8.43. The van der Waals surface area contributed by atoms with Gasteiger partial charge in [0.05, 0.1) is 6.61 Å². The van der Waals surface area contributed by atoms with E-state index in [1.165, 1.54) is 0 Å². The number of hydrogen-bond acceptors (Lipinski definition) is 4. The van der Waals surface area contributed by atoms with Crippen molar-refractivity contribution in [1.82, 2.24) is 5.32 Å². The molecule has 1 aromatic carbocycles. The molecule has 5 nitrogen and oxygen atoms in total. The molecule has 1 amide bonds. The Balaban J connectivity index is 2.59. The molecule has 1 atom stereocenters. The molecule has 0 radical (unpaired) electrons. The zero-order valence-corrected chi connectivity index (χ0v) is 12.2. The lowest BCUT2D eigenvalue weighted by atomic mass is 10.1. The summed E-state index contributed by atoms with van der Waals surface area (Å²) in [5.74, 6) is 0.546. The summed E-state index contributed by atoms with van der Waals surface area (Å²) in [5.41, 5.74) is 6.66. The van der Waals surface area contributed by atoms with Crippen molar-refractivity contribution < 1.29 is 14.6 Å². The molecule has 0 aliphatic heterocycles. The lowest BCUT2D eigenvalue weighted by molar-refractivity contribution is 0.0949. The number of ether oxygens (including phenoxy) is 1. The van der Waals surface area contributed by atoms with E-state index in [0.29, 0.717) is 30.2 Å². The highest BCUT2D eigenvalue weighted by Gasteiger charge is 2.15. The van der Waals surface area contributed by atoms with Gasteiger partial charge in [0.2, 0.25) is 0 Å². The number of hydrogen-bond donors (Lipinski definition) is 3. The average molecular weight is 280 g/mol. The van der Waals surface area contributed by atoms with Crippen LogP contribution in [0.25, 0.3) is 0 Å². The number of aliphatic hydroxyl groups is 1. The number of nitrogen functional groups attached to an aromatic ring is 1. The molecule has 4 N–H and O–H groups in total. The first kappa shape index (κ1) is 16.3. The summed E-state index contributed by atoms with van der Waals surface area (Å²) in [6.07, 6.45) is 1.70. The first-order chi connectivity index (χ1) is 9.60. The summed E-state index contributed by atoms with van der Waals surface area (Å²) in [6, 6.07) is 5.19. The summed E-state index contributed by atoms with van der Waals surface area (Å²) in [5, 5.41) is 11.8. The third-order valence-electron chi connectivity index (χ3n) is 3.06. The van der Waals surface area contributed by atoms with Crippen molar-refractivity contribution in [2.45, 2.75) is 26.7 Å². The van der Waals surface area contributed by atoms with Crippen molar-refractivity contribution in [2.75, 3.05) is 25.5 Å². The topological polar surface area (TPSA) is 84.6 Å². The van der Waals surface area contributed by atoms with Crippen molar-refractivity contribution in [3.8, 4) is 5.75 Å². The molecule has 1 unspecified atom stereocenters. The number of nitrogens with one attached hydrogen (secondary N) is 1. The number of rotatable bonds is 8. The molecule has 0 aliphatic carbocycles. The number of benzene rings is 1. The molecule has 0 aliphatic rings. The predicted molar refractivity (Wildman–Crippen MR) is 79.8 cm³/mol. The Kier molecular flexibility index (Phi) is 6.87. The van der Waals surface area contributed by atoms with Gasteiger partial charge in [-0.25, -0.2) is 0 Å². The lowest BCUT2D eigenvalue weighted by Gasteiger charge is -2.13. The molecule has 0 bridgehead atoms. The molecule has 20 heavy (non-hydrogen) atoms. The van der Waals surface area contributed by atoms with Gasteiger partial charge < -0.3 is 20.9 Å². The van der Waals surface area contributed by atoms with Crippen molar-refractivity contribution in [3.63, 3.8) is 0 Å². The van der Waals surface area contributed by atoms with Crippen LogP contribution in [0.3, 0.4) is 0 Å². The second-order valence-corrected chi connectivity index (χ2v) is 4.84. The van der Waals surface area contributed by atoms with Crippen molar-refractivity contribution in [3.05, 3.63) is 23.8 Å². The Hall–Kier alpha value is -1.75. The maximum atomic E-state index is 12.2. The standard InChI is InChI=1S/C15H24N2O3/c1-3-20-13-8-4-7-12(16)14(13)15(19)17-9-5-6-11(2)10-18/h4,7-8,11,18H,3,5-6,9-10,16H2,1-2H3,(H,17,19). The van der Waals surface area contributed by atoms with E-state index in [4.69, 9.17) is 15.6 Å². The number of anilines is 1. The molecular weight excluding hydrogens is 256 g/mol. The third-order valence-corrected chi connectivity index (χ3v) is 3.06. The number of aliphatic hydroxyl groups excluding tert-OH is 1. The van der Waals surface area contributed by atoms with Gasteiger partial charge in [-0.3, -0.25) is 4.79 Å². The lowest BCUT2D eigenvalue weighted by Crippen LogP contribution is -2.26. The molecule has 0 saturated heterocycles. The van der Waals surface area contributed by atoms with E-state index in [1.54, 1.807) is 18.2 Å². The van der Waals surface area contributed by atoms with E-state index >= 15 is 0 Å². The fourth-order valence-corrected chi connectivity index (χ4v) is 1.90. The molecule has 0 saturated carbocycles. The van der Waals surface area contributed by atoms with E-state index in [-0.39, 0.29) is 18.4 Å². The van der Waals surface area contributed by atoms with Crippen LogP contribution in [0.5, 0.6) is 5.75 Å². The van der Waals surface area contributed by atoms with Crippen LogP contribution < -0.4 is 15.8 Å². The van der Waals surface area contributed by atoms with Gasteiger partial charge in [0.15, 0.2) is 0 Å². The normalized spacial score (nSPS) is 11.9. The van der Waals surface area contributed by atoms with Crippen molar-refractivity contribution in [1.29, 1.82) is 0 Å². The van der Waals surface area contributed by atoms with Gasteiger partial charge in [0, 0.05) is 18.8 Å². The zero-order chi connectivity index (χ0) is 15.0. The van der Waals surface area contributed by atoms with Gasteiger partial charge in [0.25, 0.3) is 5.91 Å². The van der Waals surface area contributed by atoms with Crippen LogP contribution in [-0.2, 0) is 0 Å². The first-order valence-electron chi connectivity index (χ1n) is 7.00. The molecular formula is C15H24N2O3. The smallest absolute Gasteiger partial charge is 0.257 e. The fraction of sp³-hybridized carbons (Fsp3) is 0.533. The van der Waals surface area contributed by atoms with E-state index in [2.05, 4.69) is 5.32 Å². The van der Waals surface area contributed by atoms with Crippen LogP contribution in [-0.4, -0.2) is 30.8 Å². The minimum Gasteiger partial charge on any atom is -0.493 e. The fourth-order valence-electron chi connectivity index (χ4n) is 1.90. The van der Waals surface area contributed by atoms with Gasteiger partial charge in [-0.15, -0.1) is 0 Å². The number of nitrogens with two attached hydrogens (primary N) is 1. The molecule has 1 rings (SSSR count). The molecule has 0 spiro atoms. The highest BCUT2D eigenvalue weighted by atomic mass is 16.5. The molecule has 1 aromatic rings. The quantitative estimate of drug-likeness (QED) is 0.501. The number of carbonyl (C=O) groups is 1. The Morgan fingerprint density at radius 2 is 2.25 bits per heavy atom. The molecule has 0 heterocycles. The molecule has 0 aromatic heterocycles. The third kappa shape index (κ3) is 4.74. The largest absolute Gasteiger partial charge is 0.493 e. The van der Waals surface area contributed by atoms with Crippen LogP contribution in [0.1, 0.15) is 37.0 Å². The summed E-state index contributed by atoms with van der Waals surface area (Å²) in [4.78, 5) is 12.2. The van der Waals surface area contributed by atoms with E-state index in [0.717, 1.165) is 12.8 Å². The monoisotopic (exact) mass is 280 g/mol. The van der Waals surface area contributed by atoms with Crippen LogP contribution in [0, 0.1) is 5.92 Å². The average Bonchev–Trinajstić information content (AvgIpc) is 2.43. The summed E-state index contributed by atoms with van der Waals surface area (Å²) in [7, 11) is 0. The summed E-state index contributed by atoms with van der Waals surface area (Å²) in [6.45, 7) is 5.06. The van der Waals surface area contributed by atoms with Crippen LogP contribution in [0.15, 0.2) is 18.2 Å². The Labute approximate surface area is 120 Å². The minimum atomic E-state index is -0.219. The van der Waals surface area contributed by atoms with Crippen molar-refractivity contribution in [2.24, 2.45) is 5.92 Å². The highest BCUT2D eigenvalue weighted by Crippen LogP contribution is 2.24. The second-order valence-electron chi connectivity index (χ2n) is 4.84. The van der Waals surface area contributed by atoms with Gasteiger partial charge in [-0.1, -0.05) is 13.0 Å². The van der Waals surface area contributed by atoms with E-state index in [1.807, 2.05) is 13.8 Å². The SMILES string of the molecule is CCOc1cccc(N)c1C(=O)NCCCC(C)CO. The molecule has 5 heteroatoms. The summed E-state index contributed by atoms with van der Waals surface area (Å²) < 4.78 is 5.43. The van der Waals surface area contributed by atoms with Gasteiger partial charge in [-0.2, -0.15) is 0 Å². The first-order valence-corrected chi connectivity index (χ1v) is 7.00. The van der Waals surface area contributed by atoms with Crippen LogP contribution in [0.2, 0.25) is 0 Å². The minimum absolute atomic E-state index is 0.175. The highest BCUT2D eigenvalue weighted by molar-refractivity contribution is 6.01. The Morgan fingerprint density at radius 3 is 2.90 bits per heavy atom. The Morgan fingerprint density at radius 1 is 1.50 bits per heavy atom. The van der Waals surface area contributed by atoms with Gasteiger partial charge in [-0.05, 0) is 37.8 Å². The van der Waals surface area contributed by atoms with Crippen LogP contribution >= 0.6 is 0 Å². The van der Waals surface area contributed by atoms with Crippen molar-refractivity contribution >= 4 is 11.6 Å². The maximum Gasteiger partial charge on any atom is 0.257 e. The Bertz CT molecular complexity index is 435. The molecule has 0 fully saturated rings. The summed E-state index contributed by atoms with van der Waals surface area (Å²) >= 11 is 0. The van der Waals surface area contributed by atoms with Gasteiger partial charge in [0.1, 0.15) is 11.3 Å². The zero-order valence-electron chi connectivity index (χ0n) is 12.2. The predicted octanol–water partition coefficient (Wildman–Crippen LogP) is 1.81. The van der Waals surface area contributed by atoms with E-state index in [9.17, 15) is 4.79 Å². The maximum absolute atomic E-state index is 12.2. The number of carbonyl (C=O) groups excluding carboxylic acids is 1.